The van der Waals surface area contributed by atoms with E-state index in [-0.39, 0.29) is 22.9 Å². The van der Waals surface area contributed by atoms with Crippen LogP contribution in [-0.4, -0.2) is 23.7 Å². The van der Waals surface area contributed by atoms with Crippen molar-refractivity contribution >= 4 is 5.91 Å². The lowest BCUT2D eigenvalue weighted by Crippen LogP contribution is -2.56. The first-order valence-corrected chi connectivity index (χ1v) is 6.27. The maximum atomic E-state index is 12.8. The number of carbonyl (C=O) groups excluding carboxylic acids is 1. The molecule has 3 N–H and O–H groups in total. The molecule has 0 aromatic heterocycles. The molecule has 0 aliphatic heterocycles. The average Bonchev–Trinajstić information content (AvgIpc) is 2.96. The zero-order chi connectivity index (χ0) is 11.4. The van der Waals surface area contributed by atoms with Crippen LogP contribution < -0.4 is 11.1 Å². The smallest absolute Gasteiger partial charge is 0.226 e. The Morgan fingerprint density at radius 2 is 1.69 bits per heavy atom. The highest BCUT2D eigenvalue weighted by Gasteiger charge is 2.52. The molecule has 1 amide bonds. The molecule has 2 atom stereocenters. The summed E-state index contributed by atoms with van der Waals surface area (Å²) in [7, 11) is 0. The van der Waals surface area contributed by atoms with Crippen LogP contribution >= 0.6 is 0 Å². The van der Waals surface area contributed by atoms with E-state index in [0.717, 1.165) is 38.5 Å². The summed E-state index contributed by atoms with van der Waals surface area (Å²) in [5.41, 5.74) is 5.97. The summed E-state index contributed by atoms with van der Waals surface area (Å²) in [4.78, 5) is 12.2. The molecule has 0 spiro atoms. The van der Waals surface area contributed by atoms with E-state index in [0.29, 0.717) is 6.42 Å². The fourth-order valence-corrected chi connectivity index (χ4v) is 3.19. The molecule has 0 heterocycles. The number of hydrogen-bond acceptors (Lipinski definition) is 2. The minimum atomic E-state index is -0.805. The molecule has 4 fully saturated rings. The third-order valence-corrected chi connectivity index (χ3v) is 4.82. The van der Waals surface area contributed by atoms with E-state index in [4.69, 9.17) is 5.73 Å². The number of alkyl halides is 1. The van der Waals surface area contributed by atoms with Crippen molar-refractivity contribution in [2.75, 3.05) is 0 Å². The number of fused-ring (bicyclic) bond motifs is 3. The molecular weight excluding hydrogens is 207 g/mol. The Balaban J connectivity index is 1.67. The molecule has 4 saturated carbocycles. The van der Waals surface area contributed by atoms with Gasteiger partial charge in [0.25, 0.3) is 0 Å². The number of carbonyl (C=O) groups is 1. The second kappa shape index (κ2) is 3.19. The third-order valence-electron chi connectivity index (χ3n) is 4.82. The van der Waals surface area contributed by atoms with Gasteiger partial charge >= 0.3 is 0 Å². The average molecular weight is 226 g/mol. The molecule has 0 aromatic rings. The predicted octanol–water partition coefficient (Wildman–Crippen LogP) is 1.26. The molecular formula is C12H19FN2O. The van der Waals surface area contributed by atoms with Gasteiger partial charge in [0.05, 0.1) is 6.04 Å². The van der Waals surface area contributed by atoms with Gasteiger partial charge in [-0.1, -0.05) is 0 Å². The minimum Gasteiger partial charge on any atom is -0.350 e. The summed E-state index contributed by atoms with van der Waals surface area (Å²) in [5.74, 6) is 0.0828. The van der Waals surface area contributed by atoms with Crippen LogP contribution in [0.4, 0.5) is 4.39 Å². The van der Waals surface area contributed by atoms with Crippen molar-refractivity contribution in [3.05, 3.63) is 0 Å². The number of rotatable bonds is 2. The highest BCUT2D eigenvalue weighted by molar-refractivity contribution is 5.83. The zero-order valence-corrected chi connectivity index (χ0v) is 9.47. The van der Waals surface area contributed by atoms with Crippen LogP contribution in [0.5, 0.6) is 0 Å². The van der Waals surface area contributed by atoms with Crippen LogP contribution in [-0.2, 0) is 4.79 Å². The van der Waals surface area contributed by atoms with Crippen molar-refractivity contribution in [1.82, 2.24) is 5.32 Å². The van der Waals surface area contributed by atoms with Crippen molar-refractivity contribution in [2.24, 2.45) is 11.1 Å². The zero-order valence-electron chi connectivity index (χ0n) is 9.47. The Bertz CT molecular complexity index is 306. The molecule has 3 nitrogen and oxygen atoms in total. The normalized spacial score (nSPS) is 50.1. The first-order chi connectivity index (χ1) is 7.53. The van der Waals surface area contributed by atoms with E-state index in [2.05, 4.69) is 5.32 Å². The summed E-state index contributed by atoms with van der Waals surface area (Å²) in [6.07, 6.45) is 5.21. The summed E-state index contributed by atoms with van der Waals surface area (Å²) >= 11 is 0. The predicted molar refractivity (Wildman–Crippen MR) is 58.5 cm³/mol. The van der Waals surface area contributed by atoms with Gasteiger partial charge in [0.1, 0.15) is 6.17 Å². The molecule has 90 valence electrons. The molecule has 16 heavy (non-hydrogen) atoms. The standard InChI is InChI=1S/C12H19FN2O/c13-8-7-9(8)15-10(16)11-1-4-12(14,5-2-11)6-3-11/h8-9H,1-7,14H2,(H,15,16)/t8-,9+,11?,12?/m0/s1. The van der Waals surface area contributed by atoms with Gasteiger partial charge < -0.3 is 11.1 Å². The summed E-state index contributed by atoms with van der Waals surface area (Å²) in [6, 6.07) is -0.201. The molecule has 4 rings (SSSR count). The van der Waals surface area contributed by atoms with E-state index >= 15 is 0 Å². The van der Waals surface area contributed by atoms with E-state index in [9.17, 15) is 9.18 Å². The van der Waals surface area contributed by atoms with E-state index < -0.39 is 6.17 Å². The summed E-state index contributed by atoms with van der Waals surface area (Å²) < 4.78 is 12.8. The van der Waals surface area contributed by atoms with Crippen LogP contribution in [0.2, 0.25) is 0 Å². The SMILES string of the molecule is NC12CCC(C(=O)N[C@@H]3C[C@@H]3F)(CC1)CC2. The van der Waals surface area contributed by atoms with Gasteiger partial charge in [-0.15, -0.1) is 0 Å². The number of nitrogens with two attached hydrogens (primary N) is 1. The van der Waals surface area contributed by atoms with Gasteiger partial charge in [-0.05, 0) is 38.5 Å². The van der Waals surface area contributed by atoms with Crippen LogP contribution in [0.15, 0.2) is 0 Å². The quantitative estimate of drug-likeness (QED) is 0.745. The molecule has 4 aliphatic carbocycles. The lowest BCUT2D eigenvalue weighted by atomic mass is 9.57. The molecule has 4 heteroatoms. The number of amides is 1. The topological polar surface area (TPSA) is 55.1 Å². The van der Waals surface area contributed by atoms with Crippen LogP contribution in [0.1, 0.15) is 44.9 Å². The Morgan fingerprint density at radius 1 is 1.19 bits per heavy atom. The Kier molecular flexibility index (Phi) is 2.09. The molecule has 0 aromatic carbocycles. The second-order valence-corrected chi connectivity index (χ2v) is 5.97. The first kappa shape index (κ1) is 10.5. The Morgan fingerprint density at radius 3 is 2.12 bits per heavy atom. The number of hydrogen-bond donors (Lipinski definition) is 2. The van der Waals surface area contributed by atoms with Crippen molar-refractivity contribution < 1.29 is 9.18 Å². The fraction of sp³-hybridized carbons (Fsp3) is 0.917. The van der Waals surface area contributed by atoms with Crippen molar-refractivity contribution in [3.8, 4) is 0 Å². The van der Waals surface area contributed by atoms with Crippen molar-refractivity contribution in [1.29, 1.82) is 0 Å². The van der Waals surface area contributed by atoms with Gasteiger partial charge in [-0.2, -0.15) is 0 Å². The highest BCUT2D eigenvalue weighted by Crippen LogP contribution is 2.51. The van der Waals surface area contributed by atoms with E-state index in [1.807, 2.05) is 0 Å². The van der Waals surface area contributed by atoms with Gasteiger partial charge in [-0.25, -0.2) is 4.39 Å². The second-order valence-electron chi connectivity index (χ2n) is 5.97. The van der Waals surface area contributed by atoms with Crippen LogP contribution in [0.25, 0.3) is 0 Å². The van der Waals surface area contributed by atoms with Gasteiger partial charge in [0.15, 0.2) is 0 Å². The largest absolute Gasteiger partial charge is 0.350 e. The lowest BCUT2D eigenvalue weighted by molar-refractivity contribution is -0.137. The van der Waals surface area contributed by atoms with Crippen LogP contribution in [0, 0.1) is 5.41 Å². The van der Waals surface area contributed by atoms with Crippen molar-refractivity contribution in [3.63, 3.8) is 0 Å². The molecule has 0 radical (unpaired) electrons. The Hall–Kier alpha value is -0.640. The highest BCUT2D eigenvalue weighted by atomic mass is 19.1. The van der Waals surface area contributed by atoms with Gasteiger partial charge in [0, 0.05) is 17.4 Å². The minimum absolute atomic E-state index is 0.00969. The molecule has 4 aliphatic rings. The Labute approximate surface area is 95.0 Å². The van der Waals surface area contributed by atoms with Gasteiger partial charge in [0.2, 0.25) is 5.91 Å². The van der Waals surface area contributed by atoms with E-state index in [1.54, 1.807) is 0 Å². The molecule has 2 bridgehead atoms. The summed E-state index contributed by atoms with van der Waals surface area (Å²) in [5, 5.41) is 2.85. The molecule has 0 saturated heterocycles. The van der Waals surface area contributed by atoms with E-state index in [1.165, 1.54) is 0 Å². The number of nitrogens with one attached hydrogen (secondary N) is 1. The number of halogens is 1. The first-order valence-electron chi connectivity index (χ1n) is 6.27. The van der Waals surface area contributed by atoms with Gasteiger partial charge in [-0.3, -0.25) is 4.79 Å². The monoisotopic (exact) mass is 226 g/mol. The molecule has 0 unspecified atom stereocenters. The van der Waals surface area contributed by atoms with Crippen LogP contribution in [0.3, 0.4) is 0 Å². The fourth-order valence-electron chi connectivity index (χ4n) is 3.19. The lowest BCUT2D eigenvalue weighted by Gasteiger charge is -2.50. The third kappa shape index (κ3) is 1.54. The van der Waals surface area contributed by atoms with Crippen molar-refractivity contribution in [2.45, 2.75) is 62.7 Å². The maximum absolute atomic E-state index is 12.8. The maximum Gasteiger partial charge on any atom is 0.226 e. The summed E-state index contributed by atoms with van der Waals surface area (Å²) in [6.45, 7) is 0.